The highest BCUT2D eigenvalue weighted by Crippen LogP contribution is 2.12. The fraction of sp³-hybridized carbons (Fsp3) is 0.462. The number of hydrogen-bond donors (Lipinski definition) is 4. The van der Waals surface area contributed by atoms with Gasteiger partial charge in [-0.15, -0.1) is 0 Å². The van der Waals surface area contributed by atoms with Gasteiger partial charge in [-0.05, 0) is 18.6 Å². The van der Waals surface area contributed by atoms with Crippen LogP contribution < -0.4 is 10.6 Å². The molecule has 106 valence electrons. The molecule has 0 unspecified atom stereocenters. The van der Waals surface area contributed by atoms with Gasteiger partial charge in [0.2, 0.25) is 5.91 Å². The lowest BCUT2D eigenvalue weighted by Gasteiger charge is -2.29. The number of carbonyl (C=O) groups is 1. The van der Waals surface area contributed by atoms with Crippen molar-refractivity contribution >= 4 is 11.6 Å². The van der Waals surface area contributed by atoms with Gasteiger partial charge in [0.05, 0.1) is 31.0 Å². The topological polar surface area (TPSA) is 81.6 Å². The van der Waals surface area contributed by atoms with Crippen molar-refractivity contribution in [3.63, 3.8) is 0 Å². The van der Waals surface area contributed by atoms with Crippen molar-refractivity contribution in [2.45, 2.75) is 18.9 Å². The van der Waals surface area contributed by atoms with Gasteiger partial charge in [0.1, 0.15) is 5.82 Å². The summed E-state index contributed by atoms with van der Waals surface area (Å²) in [6, 6.07) is 5.85. The summed E-state index contributed by atoms with van der Waals surface area (Å²) >= 11 is 0. The Hall–Kier alpha value is -1.50. The van der Waals surface area contributed by atoms with Gasteiger partial charge in [0, 0.05) is 0 Å². The smallest absolute Gasteiger partial charge is 0.238 e. The van der Waals surface area contributed by atoms with Gasteiger partial charge in [-0.3, -0.25) is 10.1 Å². The fourth-order valence-corrected chi connectivity index (χ4v) is 1.54. The van der Waals surface area contributed by atoms with E-state index in [1.54, 1.807) is 13.0 Å². The zero-order chi connectivity index (χ0) is 14.3. The van der Waals surface area contributed by atoms with Crippen LogP contribution in [0.3, 0.4) is 0 Å². The summed E-state index contributed by atoms with van der Waals surface area (Å²) in [6.07, 6.45) is 0.465. The predicted molar refractivity (Wildman–Crippen MR) is 70.2 cm³/mol. The molecule has 0 saturated heterocycles. The molecule has 4 N–H and O–H groups in total. The average Bonchev–Trinajstić information content (AvgIpc) is 2.44. The summed E-state index contributed by atoms with van der Waals surface area (Å²) in [4.78, 5) is 11.7. The Kier molecular flexibility index (Phi) is 5.88. The fourth-order valence-electron chi connectivity index (χ4n) is 1.54. The van der Waals surface area contributed by atoms with Gasteiger partial charge < -0.3 is 15.5 Å². The molecule has 0 atom stereocenters. The molecule has 1 aromatic rings. The molecule has 1 rings (SSSR count). The third-order valence-electron chi connectivity index (χ3n) is 3.05. The minimum Gasteiger partial charge on any atom is -0.394 e. The molecule has 0 spiro atoms. The van der Waals surface area contributed by atoms with E-state index in [1.165, 1.54) is 18.2 Å². The normalized spacial score (nSPS) is 11.4. The second kappa shape index (κ2) is 7.18. The third kappa shape index (κ3) is 4.27. The lowest BCUT2D eigenvalue weighted by Crippen LogP contribution is -2.53. The molecule has 0 heterocycles. The number of aliphatic hydroxyl groups excluding tert-OH is 2. The molecule has 1 aromatic carbocycles. The van der Waals surface area contributed by atoms with Crippen molar-refractivity contribution < 1.29 is 19.4 Å². The Morgan fingerprint density at radius 2 is 1.95 bits per heavy atom. The van der Waals surface area contributed by atoms with E-state index in [-0.39, 0.29) is 25.4 Å². The Morgan fingerprint density at radius 1 is 1.32 bits per heavy atom. The van der Waals surface area contributed by atoms with Gasteiger partial charge in [-0.25, -0.2) is 4.39 Å². The standard InChI is InChI=1S/C13H19FN2O3/c1-2-13(8-17,9-18)15-7-12(19)16-11-6-4-3-5-10(11)14/h3-6,15,17-18H,2,7-9H2,1H3,(H,16,19). The highest BCUT2D eigenvalue weighted by atomic mass is 19.1. The maximum Gasteiger partial charge on any atom is 0.238 e. The first-order chi connectivity index (χ1) is 9.06. The number of halogens is 1. The van der Waals surface area contributed by atoms with Crippen LogP contribution in [0.15, 0.2) is 24.3 Å². The van der Waals surface area contributed by atoms with E-state index >= 15 is 0 Å². The number of carbonyl (C=O) groups excluding carboxylic acids is 1. The highest BCUT2D eigenvalue weighted by Gasteiger charge is 2.26. The first-order valence-electron chi connectivity index (χ1n) is 6.08. The van der Waals surface area contributed by atoms with E-state index in [9.17, 15) is 19.4 Å². The molecule has 0 saturated carbocycles. The average molecular weight is 270 g/mol. The summed E-state index contributed by atoms with van der Waals surface area (Å²) in [5.74, 6) is -0.952. The lowest BCUT2D eigenvalue weighted by molar-refractivity contribution is -0.116. The first kappa shape index (κ1) is 15.6. The number of anilines is 1. The van der Waals surface area contributed by atoms with Gasteiger partial charge >= 0.3 is 0 Å². The molecule has 0 radical (unpaired) electrons. The van der Waals surface area contributed by atoms with Crippen LogP contribution in [0.5, 0.6) is 0 Å². The zero-order valence-corrected chi connectivity index (χ0v) is 10.8. The number of amides is 1. The maximum absolute atomic E-state index is 13.3. The van der Waals surface area contributed by atoms with Gasteiger partial charge in [0.25, 0.3) is 0 Å². The Labute approximate surface area is 111 Å². The molecular weight excluding hydrogens is 251 g/mol. The Balaban J connectivity index is 2.55. The van der Waals surface area contributed by atoms with Crippen LogP contribution in [0, 0.1) is 5.82 Å². The number of hydrogen-bond acceptors (Lipinski definition) is 4. The van der Waals surface area contributed by atoms with E-state index in [0.29, 0.717) is 6.42 Å². The van der Waals surface area contributed by atoms with Crippen LogP contribution in [0.4, 0.5) is 10.1 Å². The van der Waals surface area contributed by atoms with E-state index in [2.05, 4.69) is 10.6 Å². The van der Waals surface area contributed by atoms with E-state index in [4.69, 9.17) is 0 Å². The molecule has 0 aliphatic carbocycles. The van der Waals surface area contributed by atoms with Crippen LogP contribution in [0.25, 0.3) is 0 Å². The predicted octanol–water partition coefficient (Wildman–Crippen LogP) is 0.487. The molecule has 0 bridgehead atoms. The first-order valence-corrected chi connectivity index (χ1v) is 6.08. The van der Waals surface area contributed by atoms with Crippen molar-refractivity contribution in [3.8, 4) is 0 Å². The number of nitrogens with one attached hydrogen (secondary N) is 2. The molecule has 6 heteroatoms. The molecule has 19 heavy (non-hydrogen) atoms. The summed E-state index contributed by atoms with van der Waals surface area (Å²) in [5, 5.41) is 23.6. The van der Waals surface area contributed by atoms with Crippen LogP contribution >= 0.6 is 0 Å². The molecule has 0 aliphatic rings. The number of para-hydroxylation sites is 1. The molecule has 1 amide bonds. The highest BCUT2D eigenvalue weighted by molar-refractivity contribution is 5.92. The van der Waals surface area contributed by atoms with Crippen molar-refractivity contribution in [1.82, 2.24) is 5.32 Å². The maximum atomic E-state index is 13.3. The Morgan fingerprint density at radius 3 is 2.47 bits per heavy atom. The number of rotatable bonds is 7. The van der Waals surface area contributed by atoms with Crippen LogP contribution in [0.1, 0.15) is 13.3 Å². The number of benzene rings is 1. The quantitative estimate of drug-likeness (QED) is 0.581. The second-order valence-corrected chi connectivity index (χ2v) is 4.33. The molecular formula is C13H19FN2O3. The second-order valence-electron chi connectivity index (χ2n) is 4.33. The van der Waals surface area contributed by atoms with Gasteiger partial charge in [0.15, 0.2) is 0 Å². The van der Waals surface area contributed by atoms with Gasteiger partial charge in [-0.1, -0.05) is 19.1 Å². The molecule has 0 fully saturated rings. The Bertz CT molecular complexity index is 414. The van der Waals surface area contributed by atoms with Crippen LogP contribution in [-0.2, 0) is 4.79 Å². The summed E-state index contributed by atoms with van der Waals surface area (Å²) in [7, 11) is 0. The minimum atomic E-state index is -0.896. The van der Waals surface area contributed by atoms with Crippen molar-refractivity contribution in [1.29, 1.82) is 0 Å². The molecule has 0 aliphatic heterocycles. The van der Waals surface area contributed by atoms with Crippen LogP contribution in [-0.4, -0.2) is 41.4 Å². The van der Waals surface area contributed by atoms with Crippen LogP contribution in [0.2, 0.25) is 0 Å². The monoisotopic (exact) mass is 270 g/mol. The summed E-state index contributed by atoms with van der Waals surface area (Å²) in [6.45, 7) is 1.09. The van der Waals surface area contributed by atoms with E-state index < -0.39 is 17.3 Å². The zero-order valence-electron chi connectivity index (χ0n) is 10.8. The van der Waals surface area contributed by atoms with Gasteiger partial charge in [-0.2, -0.15) is 0 Å². The molecule has 0 aromatic heterocycles. The van der Waals surface area contributed by atoms with Crippen molar-refractivity contribution in [2.75, 3.05) is 25.1 Å². The summed E-state index contributed by atoms with van der Waals surface area (Å²) < 4.78 is 13.3. The number of aliphatic hydroxyl groups is 2. The van der Waals surface area contributed by atoms with Crippen molar-refractivity contribution in [3.05, 3.63) is 30.1 Å². The lowest BCUT2D eigenvalue weighted by atomic mass is 9.98. The van der Waals surface area contributed by atoms with E-state index in [1.807, 2.05) is 0 Å². The minimum absolute atomic E-state index is 0.101. The largest absolute Gasteiger partial charge is 0.394 e. The van der Waals surface area contributed by atoms with E-state index in [0.717, 1.165) is 0 Å². The molecule has 5 nitrogen and oxygen atoms in total. The van der Waals surface area contributed by atoms with Crippen molar-refractivity contribution in [2.24, 2.45) is 0 Å². The third-order valence-corrected chi connectivity index (χ3v) is 3.05. The summed E-state index contributed by atoms with van der Waals surface area (Å²) in [5.41, 5.74) is -0.795. The SMILES string of the molecule is CCC(CO)(CO)NCC(=O)Nc1ccccc1F.